The van der Waals surface area contributed by atoms with Gasteiger partial charge in [0.1, 0.15) is 0 Å². The fourth-order valence-corrected chi connectivity index (χ4v) is 3.18. The summed E-state index contributed by atoms with van der Waals surface area (Å²) in [5.74, 6) is 0. The molecule has 1 nitrogen and oxygen atoms in total. The Morgan fingerprint density at radius 1 is 1.50 bits per heavy atom. The van der Waals surface area contributed by atoms with Crippen LogP contribution in [0.25, 0.3) is 0 Å². The Bertz CT molecular complexity index is 253. The summed E-state index contributed by atoms with van der Waals surface area (Å²) >= 11 is 5.04. The lowest BCUT2D eigenvalue weighted by molar-refractivity contribution is 0.0315. The standard InChI is InChI=1S/C9H13BrOS/c1-3-9(11,4-2)8-7(10)5-6-12-8/h5-6,11H,3-4H2,1-2H3. The Morgan fingerprint density at radius 3 is 2.42 bits per heavy atom. The molecule has 1 aromatic heterocycles. The van der Waals surface area contributed by atoms with Crippen molar-refractivity contribution in [1.29, 1.82) is 0 Å². The molecule has 1 N–H and O–H groups in total. The van der Waals surface area contributed by atoms with E-state index in [0.717, 1.165) is 22.2 Å². The quantitative estimate of drug-likeness (QED) is 0.868. The first-order chi connectivity index (χ1) is 5.64. The molecule has 0 radical (unpaired) electrons. The largest absolute Gasteiger partial charge is 0.384 e. The zero-order valence-corrected chi connectivity index (χ0v) is 9.70. The van der Waals surface area contributed by atoms with Gasteiger partial charge in [-0.25, -0.2) is 0 Å². The summed E-state index contributed by atoms with van der Waals surface area (Å²) in [6.07, 6.45) is 1.53. The lowest BCUT2D eigenvalue weighted by atomic mass is 9.96. The van der Waals surface area contributed by atoms with Crippen LogP contribution in [0, 0.1) is 0 Å². The van der Waals surface area contributed by atoms with E-state index in [1.54, 1.807) is 11.3 Å². The summed E-state index contributed by atoms with van der Waals surface area (Å²) in [7, 11) is 0. The first-order valence-electron chi connectivity index (χ1n) is 4.10. The number of rotatable bonds is 3. The molecule has 0 saturated carbocycles. The number of thiophene rings is 1. The first kappa shape index (κ1) is 10.2. The van der Waals surface area contributed by atoms with E-state index in [9.17, 15) is 5.11 Å². The molecule has 0 aliphatic heterocycles. The summed E-state index contributed by atoms with van der Waals surface area (Å²) in [5, 5.41) is 12.1. The summed E-state index contributed by atoms with van der Waals surface area (Å²) in [6.45, 7) is 4.02. The third-order valence-electron chi connectivity index (χ3n) is 2.21. The normalized spacial score (nSPS) is 12.0. The van der Waals surface area contributed by atoms with Crippen molar-refractivity contribution >= 4 is 27.3 Å². The van der Waals surface area contributed by atoms with E-state index < -0.39 is 5.60 Å². The van der Waals surface area contributed by atoms with Crippen LogP contribution in [0.3, 0.4) is 0 Å². The maximum Gasteiger partial charge on any atom is 0.0993 e. The molecular formula is C9H13BrOS. The Morgan fingerprint density at radius 2 is 2.08 bits per heavy atom. The van der Waals surface area contributed by atoms with Gasteiger partial charge in [-0.3, -0.25) is 0 Å². The fourth-order valence-electron chi connectivity index (χ4n) is 1.20. The maximum atomic E-state index is 10.2. The minimum Gasteiger partial charge on any atom is -0.384 e. The monoisotopic (exact) mass is 248 g/mol. The number of hydrogen-bond acceptors (Lipinski definition) is 2. The van der Waals surface area contributed by atoms with Gasteiger partial charge in [-0.05, 0) is 40.2 Å². The van der Waals surface area contributed by atoms with Gasteiger partial charge in [0.2, 0.25) is 0 Å². The van der Waals surface area contributed by atoms with Gasteiger partial charge >= 0.3 is 0 Å². The second-order valence-corrected chi connectivity index (χ2v) is 4.61. The fraction of sp³-hybridized carbons (Fsp3) is 0.556. The summed E-state index contributed by atoms with van der Waals surface area (Å²) in [5.41, 5.74) is -0.632. The molecule has 0 saturated heterocycles. The van der Waals surface area contributed by atoms with Crippen LogP contribution < -0.4 is 0 Å². The van der Waals surface area contributed by atoms with Gasteiger partial charge in [-0.1, -0.05) is 13.8 Å². The van der Waals surface area contributed by atoms with Crippen LogP contribution in [-0.2, 0) is 5.60 Å². The highest BCUT2D eigenvalue weighted by atomic mass is 79.9. The molecule has 68 valence electrons. The third-order valence-corrected chi connectivity index (χ3v) is 4.24. The van der Waals surface area contributed by atoms with Crippen LogP contribution in [0.4, 0.5) is 0 Å². The molecule has 0 spiro atoms. The van der Waals surface area contributed by atoms with Gasteiger partial charge in [0.25, 0.3) is 0 Å². The van der Waals surface area contributed by atoms with Crippen molar-refractivity contribution < 1.29 is 5.11 Å². The van der Waals surface area contributed by atoms with Gasteiger partial charge in [0.05, 0.1) is 10.5 Å². The molecule has 0 fully saturated rings. The predicted octanol–water partition coefficient (Wildman–Crippen LogP) is 3.52. The minimum absolute atomic E-state index is 0.632. The van der Waals surface area contributed by atoms with Crippen molar-refractivity contribution in [3.8, 4) is 0 Å². The molecule has 1 aromatic rings. The van der Waals surface area contributed by atoms with E-state index >= 15 is 0 Å². The summed E-state index contributed by atoms with van der Waals surface area (Å²) < 4.78 is 1.03. The highest BCUT2D eigenvalue weighted by Gasteiger charge is 2.28. The van der Waals surface area contributed by atoms with Crippen molar-refractivity contribution in [3.63, 3.8) is 0 Å². The summed E-state index contributed by atoms with van der Waals surface area (Å²) in [6, 6.07) is 1.98. The van der Waals surface area contributed by atoms with Crippen LogP contribution in [-0.4, -0.2) is 5.11 Å². The molecule has 0 bridgehead atoms. The molecule has 0 unspecified atom stereocenters. The van der Waals surface area contributed by atoms with Crippen LogP contribution in [0.5, 0.6) is 0 Å². The zero-order chi connectivity index (χ0) is 9.19. The average Bonchev–Trinajstić information content (AvgIpc) is 2.51. The average molecular weight is 249 g/mol. The SMILES string of the molecule is CCC(O)(CC)c1sccc1Br. The second kappa shape index (κ2) is 3.90. The first-order valence-corrected chi connectivity index (χ1v) is 5.77. The minimum atomic E-state index is -0.632. The molecule has 0 amide bonds. The van der Waals surface area contributed by atoms with Crippen LogP contribution in [0.1, 0.15) is 31.6 Å². The summed E-state index contributed by atoms with van der Waals surface area (Å²) in [4.78, 5) is 1.05. The van der Waals surface area contributed by atoms with Gasteiger partial charge in [0.15, 0.2) is 0 Å². The van der Waals surface area contributed by atoms with Gasteiger partial charge in [0, 0.05) is 4.47 Å². The molecular weight excluding hydrogens is 236 g/mol. The number of aliphatic hydroxyl groups is 1. The molecule has 0 aromatic carbocycles. The van der Waals surface area contributed by atoms with Crippen LogP contribution in [0.2, 0.25) is 0 Å². The molecule has 0 aliphatic carbocycles. The van der Waals surface area contributed by atoms with Crippen molar-refractivity contribution in [2.75, 3.05) is 0 Å². The molecule has 3 heteroatoms. The third kappa shape index (κ3) is 1.73. The van der Waals surface area contributed by atoms with E-state index in [-0.39, 0.29) is 0 Å². The Labute approximate surface area is 85.6 Å². The molecule has 1 rings (SSSR count). The zero-order valence-electron chi connectivity index (χ0n) is 7.30. The van der Waals surface area contributed by atoms with E-state index in [1.165, 1.54) is 0 Å². The van der Waals surface area contributed by atoms with E-state index in [0.29, 0.717) is 0 Å². The predicted molar refractivity (Wildman–Crippen MR) is 56.5 cm³/mol. The van der Waals surface area contributed by atoms with Crippen molar-refractivity contribution in [2.24, 2.45) is 0 Å². The highest BCUT2D eigenvalue weighted by molar-refractivity contribution is 9.10. The van der Waals surface area contributed by atoms with E-state index in [4.69, 9.17) is 0 Å². The van der Waals surface area contributed by atoms with E-state index in [1.807, 2.05) is 25.3 Å². The molecule has 1 heterocycles. The maximum absolute atomic E-state index is 10.2. The van der Waals surface area contributed by atoms with Gasteiger partial charge in [-0.15, -0.1) is 11.3 Å². The number of hydrogen-bond donors (Lipinski definition) is 1. The Balaban J connectivity index is 3.02. The Hall–Kier alpha value is 0.140. The van der Waals surface area contributed by atoms with Crippen molar-refractivity contribution in [1.82, 2.24) is 0 Å². The number of halogens is 1. The lowest BCUT2D eigenvalue weighted by Crippen LogP contribution is -2.22. The molecule has 12 heavy (non-hydrogen) atoms. The van der Waals surface area contributed by atoms with Gasteiger partial charge in [-0.2, -0.15) is 0 Å². The van der Waals surface area contributed by atoms with Crippen molar-refractivity contribution in [2.45, 2.75) is 32.3 Å². The highest BCUT2D eigenvalue weighted by Crippen LogP contribution is 2.37. The molecule has 0 atom stereocenters. The topological polar surface area (TPSA) is 20.2 Å². The molecule has 0 aliphatic rings. The van der Waals surface area contributed by atoms with Crippen molar-refractivity contribution in [3.05, 3.63) is 20.8 Å². The smallest absolute Gasteiger partial charge is 0.0993 e. The van der Waals surface area contributed by atoms with Gasteiger partial charge < -0.3 is 5.11 Å². The van der Waals surface area contributed by atoms with Crippen LogP contribution >= 0.6 is 27.3 Å². The lowest BCUT2D eigenvalue weighted by Gasteiger charge is -2.24. The second-order valence-electron chi connectivity index (χ2n) is 2.84. The Kier molecular flexibility index (Phi) is 3.32. The van der Waals surface area contributed by atoms with Crippen LogP contribution in [0.15, 0.2) is 15.9 Å². The van der Waals surface area contributed by atoms with E-state index in [2.05, 4.69) is 15.9 Å².